The molecule has 1 N–H and O–H groups in total. The number of hydrogen-bond donors (Lipinski definition) is 1. The third-order valence-electron chi connectivity index (χ3n) is 4.88. The summed E-state index contributed by atoms with van der Waals surface area (Å²) in [6, 6.07) is 11.5. The van der Waals surface area contributed by atoms with Crippen LogP contribution >= 0.6 is 0 Å². The number of ketones is 1. The topological polar surface area (TPSA) is 81.4 Å². The molecule has 4 rings (SSSR count). The van der Waals surface area contributed by atoms with Crippen molar-refractivity contribution in [3.8, 4) is 6.07 Å². The van der Waals surface area contributed by atoms with Gasteiger partial charge in [-0.3, -0.25) is 9.79 Å². The molecule has 1 aromatic heterocycles. The fraction of sp³-hybridized carbons (Fsp3) is 0.300. The van der Waals surface area contributed by atoms with Crippen LogP contribution in [0, 0.1) is 11.3 Å². The van der Waals surface area contributed by atoms with E-state index in [2.05, 4.69) is 26.3 Å². The van der Waals surface area contributed by atoms with E-state index in [0.717, 1.165) is 48.8 Å². The quantitative estimate of drug-likeness (QED) is 0.894. The van der Waals surface area contributed by atoms with Crippen molar-refractivity contribution in [2.24, 2.45) is 4.99 Å². The molecule has 1 fully saturated rings. The summed E-state index contributed by atoms with van der Waals surface area (Å²) in [6.07, 6.45) is 2.29. The second kappa shape index (κ2) is 7.06. The van der Waals surface area contributed by atoms with Gasteiger partial charge in [0.2, 0.25) is 0 Å². The van der Waals surface area contributed by atoms with Crippen molar-refractivity contribution in [1.29, 1.82) is 5.26 Å². The molecule has 2 aliphatic rings. The van der Waals surface area contributed by atoms with Gasteiger partial charge in [-0.1, -0.05) is 12.1 Å². The summed E-state index contributed by atoms with van der Waals surface area (Å²) in [5.74, 6) is 0.913. The van der Waals surface area contributed by atoms with Gasteiger partial charge in [-0.15, -0.1) is 0 Å². The van der Waals surface area contributed by atoms with Gasteiger partial charge < -0.3 is 10.2 Å². The van der Waals surface area contributed by atoms with Gasteiger partial charge in [0.25, 0.3) is 0 Å². The lowest BCUT2D eigenvalue weighted by atomic mass is 9.94. The number of aromatic nitrogens is 1. The van der Waals surface area contributed by atoms with Crippen LogP contribution < -0.4 is 10.2 Å². The number of Topliss-reactive ketones (excluding diaryl/α,β-unsaturated/α-hetero) is 1. The Morgan fingerprint density at radius 1 is 1.15 bits per heavy atom. The number of nitriles is 1. The smallest absolute Gasteiger partial charge is 0.184 e. The highest BCUT2D eigenvalue weighted by molar-refractivity contribution is 6.09. The zero-order chi connectivity index (χ0) is 17.9. The molecule has 3 heterocycles. The lowest BCUT2D eigenvalue weighted by Crippen LogP contribution is -2.43. The van der Waals surface area contributed by atoms with Crippen molar-refractivity contribution in [3.05, 3.63) is 58.8 Å². The number of pyridine rings is 1. The molecule has 0 saturated carbocycles. The molecular formula is C20H19N5O. The minimum absolute atomic E-state index is 0.0440. The zero-order valence-electron chi connectivity index (χ0n) is 14.4. The summed E-state index contributed by atoms with van der Waals surface area (Å²) < 4.78 is 0. The Balaban J connectivity index is 1.63. The number of anilines is 1. The second-order valence-electron chi connectivity index (χ2n) is 6.45. The van der Waals surface area contributed by atoms with Crippen molar-refractivity contribution >= 4 is 17.3 Å². The highest BCUT2D eigenvalue weighted by atomic mass is 16.1. The third-order valence-corrected chi connectivity index (χ3v) is 4.88. The van der Waals surface area contributed by atoms with E-state index in [9.17, 15) is 10.1 Å². The average molecular weight is 345 g/mol. The second-order valence-corrected chi connectivity index (χ2v) is 6.45. The molecule has 6 nitrogen and oxygen atoms in total. The summed E-state index contributed by atoms with van der Waals surface area (Å²) in [5.41, 5.74) is 3.61. The molecule has 2 aliphatic heterocycles. The molecule has 26 heavy (non-hydrogen) atoms. The maximum atomic E-state index is 12.4. The molecule has 6 heteroatoms. The number of nitrogens with zero attached hydrogens (tertiary/aromatic N) is 4. The number of carbonyl (C=O) groups excluding carboxylic acids is 1. The molecule has 0 unspecified atom stereocenters. The number of benzene rings is 1. The van der Waals surface area contributed by atoms with E-state index in [1.807, 2.05) is 18.3 Å². The van der Waals surface area contributed by atoms with Crippen molar-refractivity contribution in [2.45, 2.75) is 6.42 Å². The van der Waals surface area contributed by atoms with Crippen LogP contribution in [0.5, 0.6) is 0 Å². The van der Waals surface area contributed by atoms with Crippen LogP contribution in [-0.4, -0.2) is 49.2 Å². The standard InChI is InChI=1S/C20H19N5O/c21-11-14-2-1-3-16-17(14)10-18(23-13-19(16)26)15-4-5-20(24-12-15)25-8-6-22-7-9-25/h1-5,12,22H,6-10,13H2. The first-order valence-corrected chi connectivity index (χ1v) is 8.77. The Morgan fingerprint density at radius 2 is 2.00 bits per heavy atom. The molecule has 0 radical (unpaired) electrons. The summed E-state index contributed by atoms with van der Waals surface area (Å²) in [5, 5.41) is 12.7. The van der Waals surface area contributed by atoms with Crippen molar-refractivity contribution in [3.63, 3.8) is 0 Å². The third kappa shape index (κ3) is 3.09. The van der Waals surface area contributed by atoms with Gasteiger partial charge in [-0.05, 0) is 23.8 Å². The average Bonchev–Trinajstić information content (AvgIpc) is 2.88. The van der Waals surface area contributed by atoms with Crippen molar-refractivity contribution in [1.82, 2.24) is 10.3 Å². The fourth-order valence-corrected chi connectivity index (χ4v) is 3.45. The molecule has 2 aromatic rings. The summed E-state index contributed by atoms with van der Waals surface area (Å²) in [6.45, 7) is 3.93. The van der Waals surface area contributed by atoms with Crippen LogP contribution in [0.1, 0.15) is 27.0 Å². The van der Waals surface area contributed by atoms with Gasteiger partial charge in [-0.2, -0.15) is 5.26 Å². The van der Waals surface area contributed by atoms with E-state index in [4.69, 9.17) is 0 Å². The van der Waals surface area contributed by atoms with E-state index in [0.29, 0.717) is 17.5 Å². The number of carbonyl (C=O) groups is 1. The highest BCUT2D eigenvalue weighted by Gasteiger charge is 2.21. The Morgan fingerprint density at radius 3 is 2.73 bits per heavy atom. The first kappa shape index (κ1) is 16.4. The van der Waals surface area contributed by atoms with Gasteiger partial charge in [0.15, 0.2) is 5.78 Å². The van der Waals surface area contributed by atoms with E-state index in [1.54, 1.807) is 18.2 Å². The maximum Gasteiger partial charge on any atom is 0.184 e. The molecular weight excluding hydrogens is 326 g/mol. The fourth-order valence-electron chi connectivity index (χ4n) is 3.45. The number of rotatable bonds is 2. The van der Waals surface area contributed by atoms with Crippen LogP contribution in [0.25, 0.3) is 0 Å². The summed E-state index contributed by atoms with van der Waals surface area (Å²) >= 11 is 0. The minimum atomic E-state index is -0.0440. The lowest BCUT2D eigenvalue weighted by Gasteiger charge is -2.28. The number of aliphatic imine (C=N–C) groups is 1. The molecule has 0 amide bonds. The van der Waals surface area contributed by atoms with Gasteiger partial charge in [0.1, 0.15) is 12.4 Å². The number of hydrogen-bond acceptors (Lipinski definition) is 6. The van der Waals surface area contributed by atoms with Gasteiger partial charge in [0.05, 0.1) is 11.6 Å². The predicted molar refractivity (Wildman–Crippen MR) is 99.9 cm³/mol. The normalized spacial score (nSPS) is 17.1. The van der Waals surface area contributed by atoms with Crippen LogP contribution in [0.2, 0.25) is 0 Å². The van der Waals surface area contributed by atoms with E-state index >= 15 is 0 Å². The summed E-state index contributed by atoms with van der Waals surface area (Å²) in [4.78, 5) is 23.7. The molecule has 0 bridgehead atoms. The first-order valence-electron chi connectivity index (χ1n) is 8.77. The maximum absolute atomic E-state index is 12.4. The van der Waals surface area contributed by atoms with Crippen LogP contribution in [0.15, 0.2) is 41.5 Å². The van der Waals surface area contributed by atoms with E-state index < -0.39 is 0 Å². The molecule has 0 spiro atoms. The first-order chi connectivity index (χ1) is 12.8. The molecule has 130 valence electrons. The monoisotopic (exact) mass is 345 g/mol. The van der Waals surface area contributed by atoms with E-state index in [-0.39, 0.29) is 12.3 Å². The predicted octanol–water partition coefficient (Wildman–Crippen LogP) is 1.59. The van der Waals surface area contributed by atoms with Gasteiger partial charge >= 0.3 is 0 Å². The van der Waals surface area contributed by atoms with E-state index in [1.165, 1.54) is 0 Å². The molecule has 0 atom stereocenters. The van der Waals surface area contributed by atoms with Gasteiger partial charge in [-0.25, -0.2) is 4.98 Å². The zero-order valence-corrected chi connectivity index (χ0v) is 14.4. The Bertz CT molecular complexity index is 905. The van der Waals surface area contributed by atoms with Crippen LogP contribution in [0.3, 0.4) is 0 Å². The number of nitrogens with one attached hydrogen (secondary N) is 1. The Kier molecular flexibility index (Phi) is 4.46. The van der Waals surface area contributed by atoms with Gasteiger partial charge in [0, 0.05) is 55.6 Å². The molecule has 1 saturated heterocycles. The summed E-state index contributed by atoms with van der Waals surface area (Å²) in [7, 11) is 0. The Hall–Kier alpha value is -3.04. The van der Waals surface area contributed by atoms with Crippen molar-refractivity contribution < 1.29 is 4.79 Å². The number of fused-ring (bicyclic) bond motifs is 1. The largest absolute Gasteiger partial charge is 0.354 e. The van der Waals surface area contributed by atoms with Crippen molar-refractivity contribution in [2.75, 3.05) is 37.6 Å². The molecule has 0 aliphatic carbocycles. The van der Waals surface area contributed by atoms with Crippen LogP contribution in [0.4, 0.5) is 5.82 Å². The SMILES string of the molecule is N#Cc1cccc2c1CC(c1ccc(N3CCNCC3)nc1)=NCC2=O. The minimum Gasteiger partial charge on any atom is -0.354 e. The highest BCUT2D eigenvalue weighted by Crippen LogP contribution is 2.22. The lowest BCUT2D eigenvalue weighted by molar-refractivity contribution is 0.100. The molecule has 1 aromatic carbocycles. The van der Waals surface area contributed by atoms with Crippen LogP contribution in [-0.2, 0) is 6.42 Å². The Labute approximate surface area is 152 Å². The number of piperazine rings is 1.